The van der Waals surface area contributed by atoms with Crippen molar-refractivity contribution < 1.29 is 4.79 Å². The molecule has 1 atom stereocenters. The standard InChI is InChI=1S/C14H22N2O/c1-10-4-6-14(9-15,7-5-10)16-12(17)11-8-13(11,2)3/h10-11H,4-8H2,1-3H3,(H,16,17). The maximum Gasteiger partial charge on any atom is 0.224 e. The third kappa shape index (κ3) is 2.46. The molecule has 0 heterocycles. The Morgan fingerprint density at radius 3 is 2.29 bits per heavy atom. The quantitative estimate of drug-likeness (QED) is 0.798. The zero-order chi connectivity index (χ0) is 12.7. The minimum atomic E-state index is -0.581. The van der Waals surface area contributed by atoms with Crippen LogP contribution in [0.25, 0.3) is 0 Å². The zero-order valence-electron chi connectivity index (χ0n) is 11.0. The summed E-state index contributed by atoms with van der Waals surface area (Å²) in [6.07, 6.45) is 4.66. The van der Waals surface area contributed by atoms with E-state index in [2.05, 4.69) is 32.2 Å². The summed E-state index contributed by atoms with van der Waals surface area (Å²) in [4.78, 5) is 12.1. The average molecular weight is 234 g/mol. The lowest BCUT2D eigenvalue weighted by atomic mass is 9.78. The molecular formula is C14H22N2O. The van der Waals surface area contributed by atoms with E-state index < -0.39 is 5.54 Å². The Bertz CT molecular complexity index is 359. The maximum atomic E-state index is 12.1. The van der Waals surface area contributed by atoms with Gasteiger partial charge >= 0.3 is 0 Å². The Hall–Kier alpha value is -1.04. The Morgan fingerprint density at radius 2 is 1.88 bits per heavy atom. The summed E-state index contributed by atoms with van der Waals surface area (Å²) in [6, 6.07) is 2.35. The van der Waals surface area contributed by atoms with Gasteiger partial charge in [-0.3, -0.25) is 4.79 Å². The molecule has 3 nitrogen and oxygen atoms in total. The van der Waals surface area contributed by atoms with Gasteiger partial charge in [0.1, 0.15) is 5.54 Å². The van der Waals surface area contributed by atoms with Crippen molar-refractivity contribution in [2.75, 3.05) is 0 Å². The Balaban J connectivity index is 1.97. The SMILES string of the molecule is CC1CCC(C#N)(NC(=O)C2CC2(C)C)CC1. The molecule has 1 unspecified atom stereocenters. The van der Waals surface area contributed by atoms with E-state index >= 15 is 0 Å². The summed E-state index contributed by atoms with van der Waals surface area (Å²) in [5.41, 5.74) is -0.440. The van der Waals surface area contributed by atoms with E-state index in [1.807, 2.05) is 0 Å². The molecule has 0 aromatic rings. The van der Waals surface area contributed by atoms with Crippen LogP contribution in [0.3, 0.4) is 0 Å². The van der Waals surface area contributed by atoms with E-state index in [-0.39, 0.29) is 17.2 Å². The molecule has 2 rings (SSSR count). The van der Waals surface area contributed by atoms with Crippen LogP contribution in [0, 0.1) is 28.6 Å². The molecule has 1 amide bonds. The summed E-state index contributed by atoms with van der Waals surface area (Å²) >= 11 is 0. The molecule has 1 N–H and O–H groups in total. The van der Waals surface area contributed by atoms with Crippen molar-refractivity contribution in [1.29, 1.82) is 5.26 Å². The first-order chi connectivity index (χ1) is 7.88. The van der Waals surface area contributed by atoms with E-state index in [1.165, 1.54) is 0 Å². The van der Waals surface area contributed by atoms with Gasteiger partial charge in [0.15, 0.2) is 0 Å². The lowest BCUT2D eigenvalue weighted by Crippen LogP contribution is -2.50. The first-order valence-electron chi connectivity index (χ1n) is 6.62. The minimum Gasteiger partial charge on any atom is -0.338 e. The number of carbonyl (C=O) groups excluding carboxylic acids is 1. The smallest absolute Gasteiger partial charge is 0.224 e. The third-order valence-corrected chi connectivity index (χ3v) is 4.53. The summed E-state index contributed by atoms with van der Waals surface area (Å²) in [5, 5.41) is 12.4. The molecule has 0 aromatic carbocycles. The Labute approximate surface area is 104 Å². The number of carbonyl (C=O) groups is 1. The van der Waals surface area contributed by atoms with Crippen molar-refractivity contribution in [2.24, 2.45) is 17.3 Å². The number of nitriles is 1. The molecule has 2 saturated carbocycles. The van der Waals surface area contributed by atoms with Crippen molar-refractivity contribution in [2.45, 2.75) is 58.4 Å². The second kappa shape index (κ2) is 4.01. The van der Waals surface area contributed by atoms with E-state index in [4.69, 9.17) is 0 Å². The number of nitrogens with zero attached hydrogens (tertiary/aromatic N) is 1. The fourth-order valence-corrected chi connectivity index (χ4v) is 2.76. The molecule has 3 heteroatoms. The zero-order valence-corrected chi connectivity index (χ0v) is 11.0. The first kappa shape index (κ1) is 12.4. The number of hydrogen-bond donors (Lipinski definition) is 1. The van der Waals surface area contributed by atoms with E-state index in [9.17, 15) is 10.1 Å². The van der Waals surface area contributed by atoms with Crippen LogP contribution in [0.1, 0.15) is 52.9 Å². The molecule has 0 spiro atoms. The molecule has 17 heavy (non-hydrogen) atoms. The highest BCUT2D eigenvalue weighted by Gasteiger charge is 2.52. The second-order valence-corrected chi connectivity index (χ2v) is 6.61. The second-order valence-electron chi connectivity index (χ2n) is 6.61. The Morgan fingerprint density at radius 1 is 1.35 bits per heavy atom. The lowest BCUT2D eigenvalue weighted by Gasteiger charge is -2.34. The van der Waals surface area contributed by atoms with Gasteiger partial charge in [0, 0.05) is 5.92 Å². The van der Waals surface area contributed by atoms with Gasteiger partial charge < -0.3 is 5.32 Å². The van der Waals surface area contributed by atoms with Gasteiger partial charge in [0.2, 0.25) is 5.91 Å². The van der Waals surface area contributed by atoms with Crippen molar-refractivity contribution in [1.82, 2.24) is 5.32 Å². The number of rotatable bonds is 2. The van der Waals surface area contributed by atoms with Gasteiger partial charge in [-0.1, -0.05) is 20.8 Å². The van der Waals surface area contributed by atoms with Crippen LogP contribution in [0.2, 0.25) is 0 Å². The van der Waals surface area contributed by atoms with Gasteiger partial charge in [-0.2, -0.15) is 5.26 Å². The highest BCUT2D eigenvalue weighted by Crippen LogP contribution is 2.52. The fourth-order valence-electron chi connectivity index (χ4n) is 2.76. The van der Waals surface area contributed by atoms with Crippen LogP contribution in [0.4, 0.5) is 0 Å². The van der Waals surface area contributed by atoms with Crippen molar-refractivity contribution in [3.8, 4) is 6.07 Å². The Kier molecular flexibility index (Phi) is 2.93. The van der Waals surface area contributed by atoms with Crippen LogP contribution in [0.5, 0.6) is 0 Å². The molecule has 0 bridgehead atoms. The predicted octanol–water partition coefficient (Wildman–Crippen LogP) is 2.62. The summed E-state index contributed by atoms with van der Waals surface area (Å²) in [6.45, 7) is 6.44. The van der Waals surface area contributed by atoms with Gasteiger partial charge in [-0.15, -0.1) is 0 Å². The van der Waals surface area contributed by atoms with Gasteiger partial charge in [-0.25, -0.2) is 0 Å². The molecule has 0 aromatic heterocycles. The minimum absolute atomic E-state index is 0.0890. The molecule has 0 radical (unpaired) electrons. The van der Waals surface area contributed by atoms with Crippen LogP contribution in [-0.4, -0.2) is 11.4 Å². The van der Waals surface area contributed by atoms with Crippen LogP contribution < -0.4 is 5.32 Å². The highest BCUT2D eigenvalue weighted by molar-refractivity contribution is 5.83. The largest absolute Gasteiger partial charge is 0.338 e. The monoisotopic (exact) mass is 234 g/mol. The van der Waals surface area contributed by atoms with E-state index in [0.717, 1.165) is 32.1 Å². The highest BCUT2D eigenvalue weighted by atomic mass is 16.2. The molecule has 0 aliphatic heterocycles. The molecule has 2 aliphatic carbocycles. The van der Waals surface area contributed by atoms with E-state index in [0.29, 0.717) is 5.92 Å². The molecule has 2 aliphatic rings. The molecular weight excluding hydrogens is 212 g/mol. The number of hydrogen-bond acceptors (Lipinski definition) is 2. The van der Waals surface area contributed by atoms with Crippen molar-refractivity contribution in [3.05, 3.63) is 0 Å². The van der Waals surface area contributed by atoms with Gasteiger partial charge in [-0.05, 0) is 43.4 Å². The van der Waals surface area contributed by atoms with Gasteiger partial charge in [0.25, 0.3) is 0 Å². The topological polar surface area (TPSA) is 52.9 Å². The van der Waals surface area contributed by atoms with Crippen LogP contribution in [0.15, 0.2) is 0 Å². The fraction of sp³-hybridized carbons (Fsp3) is 0.857. The predicted molar refractivity (Wildman–Crippen MR) is 66.0 cm³/mol. The normalized spacial score (nSPS) is 39.2. The summed E-state index contributed by atoms with van der Waals surface area (Å²) < 4.78 is 0. The molecule has 2 fully saturated rings. The van der Waals surface area contributed by atoms with Crippen LogP contribution >= 0.6 is 0 Å². The molecule has 0 saturated heterocycles. The number of amides is 1. The average Bonchev–Trinajstić information content (AvgIpc) is 2.92. The summed E-state index contributed by atoms with van der Waals surface area (Å²) in [5.74, 6) is 0.893. The maximum absolute atomic E-state index is 12.1. The van der Waals surface area contributed by atoms with Crippen LogP contribution in [-0.2, 0) is 4.79 Å². The molecule has 94 valence electrons. The third-order valence-electron chi connectivity index (χ3n) is 4.53. The number of nitrogens with one attached hydrogen (secondary N) is 1. The van der Waals surface area contributed by atoms with Gasteiger partial charge in [0.05, 0.1) is 6.07 Å². The van der Waals surface area contributed by atoms with Crippen molar-refractivity contribution >= 4 is 5.91 Å². The van der Waals surface area contributed by atoms with Crippen molar-refractivity contribution in [3.63, 3.8) is 0 Å². The first-order valence-corrected chi connectivity index (χ1v) is 6.62. The van der Waals surface area contributed by atoms with E-state index in [1.54, 1.807) is 0 Å². The summed E-state index contributed by atoms with van der Waals surface area (Å²) in [7, 11) is 0. The lowest BCUT2D eigenvalue weighted by molar-refractivity contribution is -0.124.